The Balaban J connectivity index is 3.33. The third-order valence-electron chi connectivity index (χ3n) is 7.08. The quantitative estimate of drug-likeness (QED) is 0.127. The highest BCUT2D eigenvalue weighted by molar-refractivity contribution is 6.73. The van der Waals surface area contributed by atoms with Gasteiger partial charge in [-0.05, 0) is 58.7 Å². The molecule has 0 aromatic heterocycles. The van der Waals surface area contributed by atoms with Crippen LogP contribution in [0, 0.1) is 11.3 Å². The van der Waals surface area contributed by atoms with Crippen LogP contribution in [0.5, 0.6) is 0 Å². The number of carbonyl (C=O) groups excluding carboxylic acids is 1. The van der Waals surface area contributed by atoms with Gasteiger partial charge in [0.1, 0.15) is 19.0 Å². The standard InChI is InChI=1S/C26H50O5Si/c1-10-15-16-18-22-21(17-11-2)23(31-32(12-3,13-4)14-5)26(9,30-20-29-22)19-28-24(27)25(6,7)8/h11,21-23H,2,10,12-20H2,1,3-9H3/t21-,22+,23+,26+/m1/s1. The summed E-state index contributed by atoms with van der Waals surface area (Å²) in [7, 11) is -1.96. The minimum Gasteiger partial charge on any atom is -0.462 e. The average molecular weight is 471 g/mol. The van der Waals surface area contributed by atoms with Crippen molar-refractivity contribution in [2.24, 2.45) is 11.3 Å². The fourth-order valence-corrected chi connectivity index (χ4v) is 7.46. The second-order valence-electron chi connectivity index (χ2n) is 10.6. The number of esters is 1. The van der Waals surface area contributed by atoms with E-state index in [-0.39, 0.29) is 37.5 Å². The fraction of sp³-hybridized carbons (Fsp3) is 0.885. The van der Waals surface area contributed by atoms with E-state index in [1.54, 1.807) is 0 Å². The van der Waals surface area contributed by atoms with Gasteiger partial charge in [-0.15, -0.1) is 6.58 Å². The minimum atomic E-state index is -1.96. The summed E-state index contributed by atoms with van der Waals surface area (Å²) in [4.78, 5) is 12.6. The lowest BCUT2D eigenvalue weighted by atomic mass is 9.81. The molecule has 0 saturated carbocycles. The minimum absolute atomic E-state index is 0.0435. The molecule has 1 aliphatic rings. The Kier molecular flexibility index (Phi) is 12.2. The molecule has 0 unspecified atom stereocenters. The summed E-state index contributed by atoms with van der Waals surface area (Å²) in [5, 5.41) is 0. The maximum Gasteiger partial charge on any atom is 0.311 e. The maximum absolute atomic E-state index is 12.6. The second-order valence-corrected chi connectivity index (χ2v) is 15.3. The van der Waals surface area contributed by atoms with Gasteiger partial charge in [-0.2, -0.15) is 0 Å². The first kappa shape index (κ1) is 29.3. The van der Waals surface area contributed by atoms with Crippen LogP contribution in [0.1, 0.15) is 87.5 Å². The second kappa shape index (κ2) is 13.3. The molecule has 0 amide bonds. The zero-order valence-electron chi connectivity index (χ0n) is 22.1. The van der Waals surface area contributed by atoms with Gasteiger partial charge >= 0.3 is 5.97 Å². The molecule has 0 radical (unpaired) electrons. The summed E-state index contributed by atoms with van der Waals surface area (Å²) in [6.45, 7) is 21.0. The molecule has 1 aliphatic heterocycles. The molecule has 4 atom stereocenters. The molecule has 5 nitrogen and oxygen atoms in total. The zero-order valence-corrected chi connectivity index (χ0v) is 23.1. The van der Waals surface area contributed by atoms with Crippen molar-refractivity contribution >= 4 is 14.3 Å². The van der Waals surface area contributed by atoms with Gasteiger partial charge in [0.15, 0.2) is 8.32 Å². The smallest absolute Gasteiger partial charge is 0.311 e. The Labute approximate surface area is 198 Å². The molecular weight excluding hydrogens is 420 g/mol. The first-order valence-electron chi connectivity index (χ1n) is 12.7. The van der Waals surface area contributed by atoms with Gasteiger partial charge in [0.2, 0.25) is 0 Å². The molecule has 32 heavy (non-hydrogen) atoms. The summed E-state index contributed by atoms with van der Waals surface area (Å²) in [6, 6.07) is 3.16. The lowest BCUT2D eigenvalue weighted by Gasteiger charge is -2.45. The van der Waals surface area contributed by atoms with Gasteiger partial charge in [-0.3, -0.25) is 4.79 Å². The van der Waals surface area contributed by atoms with E-state index < -0.39 is 19.3 Å². The van der Waals surface area contributed by atoms with Gasteiger partial charge in [0.25, 0.3) is 0 Å². The first-order valence-corrected chi connectivity index (χ1v) is 15.3. The van der Waals surface area contributed by atoms with Crippen molar-refractivity contribution in [2.45, 2.75) is 123 Å². The van der Waals surface area contributed by atoms with Crippen LogP contribution in [0.15, 0.2) is 12.7 Å². The lowest BCUT2D eigenvalue weighted by Crippen LogP contribution is -2.57. The fourth-order valence-electron chi connectivity index (χ4n) is 4.50. The molecule has 0 bridgehead atoms. The topological polar surface area (TPSA) is 54.0 Å². The van der Waals surface area contributed by atoms with Crippen LogP contribution in [0.4, 0.5) is 0 Å². The molecule has 0 spiro atoms. The largest absolute Gasteiger partial charge is 0.462 e. The van der Waals surface area contributed by atoms with Gasteiger partial charge in [-0.25, -0.2) is 0 Å². The van der Waals surface area contributed by atoms with Crippen molar-refractivity contribution < 1.29 is 23.4 Å². The Morgan fingerprint density at radius 1 is 1.16 bits per heavy atom. The van der Waals surface area contributed by atoms with E-state index in [0.717, 1.165) is 37.4 Å². The molecular formula is C26H50O5Si. The molecule has 0 N–H and O–H groups in total. The van der Waals surface area contributed by atoms with E-state index in [2.05, 4.69) is 34.3 Å². The number of allylic oxidation sites excluding steroid dienone is 1. The molecule has 0 aliphatic carbocycles. The zero-order chi connectivity index (χ0) is 24.4. The van der Waals surface area contributed by atoms with Crippen molar-refractivity contribution in [2.75, 3.05) is 13.4 Å². The Hall–Kier alpha value is -0.693. The SMILES string of the molecule is C=CC[C@@H]1[C@H](CCCCC)OCO[C@@](C)(COC(=O)C(C)(C)C)[C@H]1O[Si](CC)(CC)CC. The predicted molar refractivity (Wildman–Crippen MR) is 134 cm³/mol. The number of carbonyl (C=O) groups is 1. The summed E-state index contributed by atoms with van der Waals surface area (Å²) in [6.07, 6.45) is 7.04. The van der Waals surface area contributed by atoms with Crippen molar-refractivity contribution in [3.05, 3.63) is 12.7 Å². The van der Waals surface area contributed by atoms with E-state index >= 15 is 0 Å². The Bertz CT molecular complexity index is 561. The summed E-state index contributed by atoms with van der Waals surface area (Å²) < 4.78 is 25.5. The lowest BCUT2D eigenvalue weighted by molar-refractivity contribution is -0.189. The third-order valence-corrected chi connectivity index (χ3v) is 11.7. The third kappa shape index (κ3) is 7.96. The van der Waals surface area contributed by atoms with Crippen molar-refractivity contribution in [1.82, 2.24) is 0 Å². The summed E-state index contributed by atoms with van der Waals surface area (Å²) in [5.41, 5.74) is -1.34. The molecule has 1 saturated heterocycles. The number of unbranched alkanes of at least 4 members (excludes halogenated alkanes) is 2. The highest BCUT2D eigenvalue weighted by Gasteiger charge is 2.50. The van der Waals surface area contributed by atoms with E-state index in [1.165, 1.54) is 12.8 Å². The molecule has 188 valence electrons. The Morgan fingerprint density at radius 3 is 2.28 bits per heavy atom. The number of hydrogen-bond acceptors (Lipinski definition) is 5. The highest BCUT2D eigenvalue weighted by atomic mass is 28.4. The van der Waals surface area contributed by atoms with E-state index in [1.807, 2.05) is 33.8 Å². The van der Waals surface area contributed by atoms with Gasteiger partial charge < -0.3 is 18.6 Å². The predicted octanol–water partition coefficient (Wildman–Crippen LogP) is 6.87. The molecule has 0 aromatic carbocycles. The van der Waals surface area contributed by atoms with Crippen LogP contribution in [-0.2, 0) is 23.4 Å². The molecule has 1 rings (SSSR count). The van der Waals surface area contributed by atoms with Crippen molar-refractivity contribution in [3.8, 4) is 0 Å². The first-order chi connectivity index (χ1) is 15.0. The van der Waals surface area contributed by atoms with Gasteiger partial charge in [-0.1, -0.05) is 53.0 Å². The van der Waals surface area contributed by atoms with Crippen LogP contribution < -0.4 is 0 Å². The van der Waals surface area contributed by atoms with E-state index in [0.29, 0.717) is 0 Å². The number of rotatable bonds is 13. The van der Waals surface area contributed by atoms with Gasteiger partial charge in [0.05, 0.1) is 17.6 Å². The average Bonchev–Trinajstić information content (AvgIpc) is 2.87. The Morgan fingerprint density at radius 2 is 1.78 bits per heavy atom. The van der Waals surface area contributed by atoms with E-state index in [4.69, 9.17) is 18.6 Å². The number of ether oxygens (including phenoxy) is 3. The highest BCUT2D eigenvalue weighted by Crippen LogP contribution is 2.39. The monoisotopic (exact) mass is 470 g/mol. The summed E-state index contributed by atoms with van der Waals surface area (Å²) in [5.74, 6) is -0.113. The van der Waals surface area contributed by atoms with E-state index in [9.17, 15) is 4.79 Å². The van der Waals surface area contributed by atoms with Crippen molar-refractivity contribution in [1.29, 1.82) is 0 Å². The summed E-state index contributed by atoms with van der Waals surface area (Å²) >= 11 is 0. The van der Waals surface area contributed by atoms with Crippen molar-refractivity contribution in [3.63, 3.8) is 0 Å². The van der Waals surface area contributed by atoms with Crippen LogP contribution in [0.3, 0.4) is 0 Å². The normalized spacial score (nSPS) is 27.1. The van der Waals surface area contributed by atoms with Gasteiger partial charge in [0, 0.05) is 5.92 Å². The van der Waals surface area contributed by atoms with Crippen LogP contribution in [-0.4, -0.2) is 45.5 Å². The van der Waals surface area contributed by atoms with Crippen LogP contribution in [0.2, 0.25) is 18.1 Å². The number of hydrogen-bond donors (Lipinski definition) is 0. The molecule has 0 aromatic rings. The molecule has 1 fully saturated rings. The van der Waals surface area contributed by atoms with Crippen LogP contribution in [0.25, 0.3) is 0 Å². The molecule has 1 heterocycles. The maximum atomic E-state index is 12.6. The van der Waals surface area contributed by atoms with Crippen LogP contribution >= 0.6 is 0 Å². The molecule has 6 heteroatoms.